The fraction of sp³-hybridized carbons (Fsp3) is 0.188. The molecule has 0 aromatic heterocycles. The topological polar surface area (TPSA) is 55.1 Å². The number of nitrogens with two attached hydrogens (primary N) is 1. The highest BCUT2D eigenvalue weighted by atomic mass is 16.1. The lowest BCUT2D eigenvalue weighted by Crippen LogP contribution is -2.28. The van der Waals surface area contributed by atoms with Crippen LogP contribution in [0.25, 0.3) is 0 Å². The minimum Gasteiger partial charge on any atom is -0.399 e. The second kappa shape index (κ2) is 6.05. The second-order valence-electron chi connectivity index (χ2n) is 4.62. The molecule has 0 saturated carbocycles. The number of rotatable bonds is 4. The number of amides is 1. The van der Waals surface area contributed by atoms with Gasteiger partial charge in [0.05, 0.1) is 12.5 Å². The predicted molar refractivity (Wildman–Crippen MR) is 77.6 cm³/mol. The van der Waals surface area contributed by atoms with E-state index in [1.54, 1.807) is 0 Å². The average molecular weight is 254 g/mol. The summed E-state index contributed by atoms with van der Waals surface area (Å²) >= 11 is 0. The normalized spacial score (nSPS) is 11.8. The molecule has 3 nitrogen and oxygen atoms in total. The maximum absolute atomic E-state index is 12.0. The smallest absolute Gasteiger partial charge is 0.224 e. The Labute approximate surface area is 113 Å². The van der Waals surface area contributed by atoms with Gasteiger partial charge >= 0.3 is 0 Å². The summed E-state index contributed by atoms with van der Waals surface area (Å²) in [5, 5.41) is 2.98. The van der Waals surface area contributed by atoms with Gasteiger partial charge in [0.2, 0.25) is 5.91 Å². The maximum Gasteiger partial charge on any atom is 0.224 e. The highest BCUT2D eigenvalue weighted by molar-refractivity contribution is 5.79. The van der Waals surface area contributed by atoms with Gasteiger partial charge in [0.1, 0.15) is 0 Å². The van der Waals surface area contributed by atoms with Gasteiger partial charge in [-0.15, -0.1) is 0 Å². The molecule has 0 radical (unpaired) electrons. The van der Waals surface area contributed by atoms with Crippen LogP contribution in [0.1, 0.15) is 24.1 Å². The van der Waals surface area contributed by atoms with Gasteiger partial charge in [0, 0.05) is 5.69 Å². The number of hydrogen-bond donors (Lipinski definition) is 2. The van der Waals surface area contributed by atoms with E-state index in [9.17, 15) is 4.79 Å². The van der Waals surface area contributed by atoms with Crippen LogP contribution in [0.3, 0.4) is 0 Å². The fourth-order valence-electron chi connectivity index (χ4n) is 2.01. The van der Waals surface area contributed by atoms with Crippen molar-refractivity contribution >= 4 is 11.6 Å². The molecule has 0 bridgehead atoms. The molecule has 1 amide bonds. The molecule has 0 heterocycles. The van der Waals surface area contributed by atoms with Crippen molar-refractivity contribution in [3.63, 3.8) is 0 Å². The van der Waals surface area contributed by atoms with Crippen molar-refractivity contribution in [1.29, 1.82) is 0 Å². The molecular formula is C16H18N2O. The Bertz CT molecular complexity index is 552. The zero-order valence-electron chi connectivity index (χ0n) is 11.0. The number of nitrogens with one attached hydrogen (secondary N) is 1. The molecule has 19 heavy (non-hydrogen) atoms. The van der Waals surface area contributed by atoms with E-state index < -0.39 is 0 Å². The van der Waals surface area contributed by atoms with Gasteiger partial charge in [0.15, 0.2) is 0 Å². The molecule has 0 aliphatic carbocycles. The average Bonchev–Trinajstić information content (AvgIpc) is 2.39. The zero-order valence-corrected chi connectivity index (χ0v) is 11.0. The first kappa shape index (κ1) is 13.1. The molecule has 98 valence electrons. The van der Waals surface area contributed by atoms with E-state index in [2.05, 4.69) is 5.32 Å². The van der Waals surface area contributed by atoms with Crippen LogP contribution in [0.15, 0.2) is 54.6 Å². The molecule has 2 aromatic rings. The Morgan fingerprint density at radius 2 is 1.89 bits per heavy atom. The van der Waals surface area contributed by atoms with Gasteiger partial charge < -0.3 is 11.1 Å². The monoisotopic (exact) mass is 254 g/mol. The van der Waals surface area contributed by atoms with E-state index >= 15 is 0 Å². The second-order valence-corrected chi connectivity index (χ2v) is 4.62. The maximum atomic E-state index is 12.0. The van der Waals surface area contributed by atoms with Crippen LogP contribution in [-0.2, 0) is 11.2 Å². The van der Waals surface area contributed by atoms with Crippen molar-refractivity contribution in [2.24, 2.45) is 0 Å². The molecule has 0 spiro atoms. The standard InChI is InChI=1S/C16H18N2O/c1-12(14-7-3-2-4-8-14)18-16(19)11-13-6-5-9-15(17)10-13/h2-10,12H,11,17H2,1H3,(H,18,19). The molecule has 0 aliphatic rings. The van der Waals surface area contributed by atoms with E-state index in [4.69, 9.17) is 5.73 Å². The van der Waals surface area contributed by atoms with Crippen molar-refractivity contribution in [3.05, 3.63) is 65.7 Å². The molecule has 3 heteroatoms. The van der Waals surface area contributed by atoms with E-state index in [-0.39, 0.29) is 11.9 Å². The van der Waals surface area contributed by atoms with Crippen LogP contribution in [-0.4, -0.2) is 5.91 Å². The quantitative estimate of drug-likeness (QED) is 0.824. The van der Waals surface area contributed by atoms with Crippen LogP contribution in [0.2, 0.25) is 0 Å². The van der Waals surface area contributed by atoms with E-state index in [1.807, 2.05) is 61.5 Å². The Kier molecular flexibility index (Phi) is 4.18. The third kappa shape index (κ3) is 3.85. The Balaban J connectivity index is 1.95. The molecule has 0 saturated heterocycles. The largest absolute Gasteiger partial charge is 0.399 e. The molecule has 1 atom stereocenters. The Morgan fingerprint density at radius 1 is 1.16 bits per heavy atom. The number of hydrogen-bond acceptors (Lipinski definition) is 2. The number of nitrogen functional groups attached to an aromatic ring is 1. The van der Waals surface area contributed by atoms with Gasteiger partial charge in [-0.05, 0) is 30.2 Å². The Morgan fingerprint density at radius 3 is 2.58 bits per heavy atom. The van der Waals surface area contributed by atoms with E-state index in [0.29, 0.717) is 12.1 Å². The summed E-state index contributed by atoms with van der Waals surface area (Å²) in [7, 11) is 0. The number of carbonyl (C=O) groups is 1. The van der Waals surface area contributed by atoms with Crippen molar-refractivity contribution in [2.75, 3.05) is 5.73 Å². The van der Waals surface area contributed by atoms with Crippen LogP contribution in [0, 0.1) is 0 Å². The molecule has 3 N–H and O–H groups in total. The Hall–Kier alpha value is -2.29. The van der Waals surface area contributed by atoms with Gasteiger partial charge in [-0.25, -0.2) is 0 Å². The van der Waals surface area contributed by atoms with Crippen molar-refractivity contribution in [2.45, 2.75) is 19.4 Å². The first-order valence-corrected chi connectivity index (χ1v) is 6.34. The predicted octanol–water partition coefficient (Wildman–Crippen LogP) is 2.69. The lowest BCUT2D eigenvalue weighted by Gasteiger charge is -2.14. The third-order valence-corrected chi connectivity index (χ3v) is 2.99. The molecule has 1 unspecified atom stereocenters. The molecule has 0 fully saturated rings. The summed E-state index contributed by atoms with van der Waals surface area (Å²) in [6, 6.07) is 17.3. The summed E-state index contributed by atoms with van der Waals surface area (Å²) in [5.41, 5.74) is 8.41. The van der Waals surface area contributed by atoms with Crippen LogP contribution in [0.5, 0.6) is 0 Å². The van der Waals surface area contributed by atoms with Crippen LogP contribution < -0.4 is 11.1 Å². The number of anilines is 1. The van der Waals surface area contributed by atoms with Crippen LogP contribution >= 0.6 is 0 Å². The lowest BCUT2D eigenvalue weighted by atomic mass is 10.1. The summed E-state index contributed by atoms with van der Waals surface area (Å²) in [4.78, 5) is 12.0. The van der Waals surface area contributed by atoms with E-state index in [1.165, 1.54) is 0 Å². The van der Waals surface area contributed by atoms with Crippen LogP contribution in [0.4, 0.5) is 5.69 Å². The SMILES string of the molecule is CC(NC(=O)Cc1cccc(N)c1)c1ccccc1. The van der Waals surface area contributed by atoms with Gasteiger partial charge in [-0.1, -0.05) is 42.5 Å². The lowest BCUT2D eigenvalue weighted by molar-refractivity contribution is -0.121. The highest BCUT2D eigenvalue weighted by Crippen LogP contribution is 2.12. The first-order chi connectivity index (χ1) is 9.15. The first-order valence-electron chi connectivity index (χ1n) is 6.34. The highest BCUT2D eigenvalue weighted by Gasteiger charge is 2.09. The summed E-state index contributed by atoms with van der Waals surface area (Å²) in [6.07, 6.45) is 0.349. The summed E-state index contributed by atoms with van der Waals surface area (Å²) in [6.45, 7) is 1.98. The van der Waals surface area contributed by atoms with Crippen molar-refractivity contribution < 1.29 is 4.79 Å². The van der Waals surface area contributed by atoms with E-state index in [0.717, 1.165) is 11.1 Å². The van der Waals surface area contributed by atoms with Gasteiger partial charge in [0.25, 0.3) is 0 Å². The number of benzene rings is 2. The number of carbonyl (C=O) groups excluding carboxylic acids is 1. The summed E-state index contributed by atoms with van der Waals surface area (Å²) < 4.78 is 0. The zero-order chi connectivity index (χ0) is 13.7. The molecular weight excluding hydrogens is 236 g/mol. The van der Waals surface area contributed by atoms with Gasteiger partial charge in [-0.3, -0.25) is 4.79 Å². The minimum atomic E-state index is 0.00181. The van der Waals surface area contributed by atoms with Crippen molar-refractivity contribution in [3.8, 4) is 0 Å². The third-order valence-electron chi connectivity index (χ3n) is 2.99. The van der Waals surface area contributed by atoms with Crippen molar-refractivity contribution in [1.82, 2.24) is 5.32 Å². The van der Waals surface area contributed by atoms with Gasteiger partial charge in [-0.2, -0.15) is 0 Å². The fourth-order valence-corrected chi connectivity index (χ4v) is 2.01. The minimum absolute atomic E-state index is 0.00181. The summed E-state index contributed by atoms with van der Waals surface area (Å²) in [5.74, 6) is 0.00181. The molecule has 0 aliphatic heterocycles. The molecule has 2 aromatic carbocycles. The molecule has 2 rings (SSSR count).